The lowest BCUT2D eigenvalue weighted by molar-refractivity contribution is 0.0508. The molecule has 3 aliphatic rings. The van der Waals surface area contributed by atoms with E-state index in [1.54, 1.807) is 12.1 Å². The van der Waals surface area contributed by atoms with Gasteiger partial charge in [-0.25, -0.2) is 9.37 Å². The lowest BCUT2D eigenvalue weighted by Crippen LogP contribution is -2.47. The Labute approximate surface area is 173 Å². The Morgan fingerprint density at radius 2 is 1.97 bits per heavy atom. The number of halogens is 1. The number of nitrogens with zero attached hydrogens (tertiary/aromatic N) is 4. The van der Waals surface area contributed by atoms with Gasteiger partial charge in [-0.05, 0) is 35.8 Å². The van der Waals surface area contributed by atoms with Crippen LogP contribution >= 0.6 is 11.5 Å². The minimum Gasteiger partial charge on any atom is -0.469 e. The molecule has 1 aromatic carbocycles. The Kier molecular flexibility index (Phi) is 5.30. The molecule has 1 atom stereocenters. The fourth-order valence-corrected chi connectivity index (χ4v) is 4.61. The Morgan fingerprint density at radius 1 is 1.14 bits per heavy atom. The van der Waals surface area contributed by atoms with Crippen LogP contribution in [0.15, 0.2) is 47.7 Å². The van der Waals surface area contributed by atoms with Crippen LogP contribution in [-0.2, 0) is 15.9 Å². The van der Waals surface area contributed by atoms with Crippen LogP contribution in [0.3, 0.4) is 0 Å². The van der Waals surface area contributed by atoms with Gasteiger partial charge in [0.05, 0.1) is 0 Å². The molecule has 0 radical (unpaired) electrons. The highest BCUT2D eigenvalue weighted by molar-refractivity contribution is 7.09. The van der Waals surface area contributed by atoms with Crippen molar-refractivity contribution in [1.82, 2.24) is 14.3 Å². The summed E-state index contributed by atoms with van der Waals surface area (Å²) in [7, 11) is 0. The highest BCUT2D eigenvalue weighted by atomic mass is 32.1. The fourth-order valence-electron chi connectivity index (χ4n) is 3.87. The van der Waals surface area contributed by atoms with Crippen LogP contribution in [0.1, 0.15) is 17.8 Å². The molecule has 0 bridgehead atoms. The Bertz CT molecular complexity index is 919. The molecule has 0 amide bonds. The first kappa shape index (κ1) is 18.7. The van der Waals surface area contributed by atoms with Crippen molar-refractivity contribution in [3.05, 3.63) is 65.0 Å². The van der Waals surface area contributed by atoms with Crippen molar-refractivity contribution in [2.45, 2.75) is 18.9 Å². The summed E-state index contributed by atoms with van der Waals surface area (Å²) in [5.74, 6) is 1.55. The molecule has 8 heteroatoms. The molecule has 2 aromatic rings. The highest BCUT2D eigenvalue weighted by Crippen LogP contribution is 2.27. The third kappa shape index (κ3) is 4.34. The van der Waals surface area contributed by atoms with Crippen molar-refractivity contribution in [2.24, 2.45) is 0 Å². The van der Waals surface area contributed by atoms with Crippen molar-refractivity contribution in [3.63, 3.8) is 0 Å². The average Bonchev–Trinajstić information content (AvgIpc) is 3.39. The van der Waals surface area contributed by atoms with Crippen LogP contribution in [0.5, 0.6) is 0 Å². The molecular weight excluding hydrogens is 391 g/mol. The first-order valence-electron chi connectivity index (χ1n) is 9.92. The maximum atomic E-state index is 13.1. The van der Waals surface area contributed by atoms with Gasteiger partial charge in [0.2, 0.25) is 5.13 Å². The number of fused-ring (bicyclic) bond motifs is 1. The lowest BCUT2D eigenvalue weighted by atomic mass is 10.0. The van der Waals surface area contributed by atoms with E-state index in [1.807, 2.05) is 0 Å². The van der Waals surface area contributed by atoms with E-state index < -0.39 is 0 Å². The van der Waals surface area contributed by atoms with Crippen molar-refractivity contribution >= 4 is 16.7 Å². The first-order chi connectivity index (χ1) is 14.2. The molecule has 1 unspecified atom stereocenters. The smallest absolute Gasteiger partial charge is 0.205 e. The summed E-state index contributed by atoms with van der Waals surface area (Å²) in [6.45, 7) is 5.19. The molecule has 0 N–H and O–H groups in total. The number of hydrogen-bond donors (Lipinski definition) is 0. The molecule has 0 spiro atoms. The van der Waals surface area contributed by atoms with Gasteiger partial charge in [-0.3, -0.25) is 4.90 Å². The van der Waals surface area contributed by atoms with Gasteiger partial charge in [-0.2, -0.15) is 4.37 Å². The SMILES string of the molecule is Fc1ccc(Cc2nsc(N3CCN(CC4=CCC5OCOC5=C4)CC3)n2)cc1. The van der Waals surface area contributed by atoms with Crippen molar-refractivity contribution in [1.29, 1.82) is 0 Å². The maximum Gasteiger partial charge on any atom is 0.205 e. The predicted octanol–water partition coefficient (Wildman–Crippen LogP) is 2.98. The van der Waals surface area contributed by atoms with Crippen LogP contribution in [-0.4, -0.2) is 59.9 Å². The van der Waals surface area contributed by atoms with E-state index in [2.05, 4.69) is 26.3 Å². The molecule has 2 fully saturated rings. The number of benzene rings is 1. The monoisotopic (exact) mass is 414 g/mol. The summed E-state index contributed by atoms with van der Waals surface area (Å²) in [5, 5.41) is 0.972. The highest BCUT2D eigenvalue weighted by Gasteiger charge is 2.27. The normalized spacial score (nSPS) is 22.1. The minimum atomic E-state index is -0.220. The molecule has 1 aliphatic carbocycles. The number of aromatic nitrogens is 2. The third-order valence-electron chi connectivity index (χ3n) is 5.52. The molecule has 152 valence electrons. The first-order valence-corrected chi connectivity index (χ1v) is 10.7. The molecule has 0 saturated carbocycles. The van der Waals surface area contributed by atoms with Crippen LogP contribution in [0.25, 0.3) is 0 Å². The summed E-state index contributed by atoms with van der Waals surface area (Å²) in [6.07, 6.45) is 6.06. The lowest BCUT2D eigenvalue weighted by Gasteiger charge is -2.34. The standard InChI is InChI=1S/C21H23FN4O2S/c22-17-4-1-15(2-5-17)12-20-23-21(29-24-20)26-9-7-25(8-10-26)13-16-3-6-18-19(11-16)28-14-27-18/h1-5,11,18H,6-10,12-14H2. The number of ether oxygens (including phenoxy) is 2. The van der Waals surface area contributed by atoms with E-state index in [9.17, 15) is 4.39 Å². The van der Waals surface area contributed by atoms with E-state index in [0.29, 0.717) is 13.2 Å². The van der Waals surface area contributed by atoms with Gasteiger partial charge in [0.15, 0.2) is 6.79 Å². The predicted molar refractivity (Wildman–Crippen MR) is 109 cm³/mol. The molecule has 1 aromatic heterocycles. The Balaban J connectivity index is 1.14. The number of piperazine rings is 1. The van der Waals surface area contributed by atoms with Gasteiger partial charge < -0.3 is 14.4 Å². The Morgan fingerprint density at radius 3 is 2.79 bits per heavy atom. The summed E-state index contributed by atoms with van der Waals surface area (Å²) in [5.41, 5.74) is 2.34. The van der Waals surface area contributed by atoms with E-state index in [0.717, 1.165) is 61.4 Å². The topological polar surface area (TPSA) is 50.7 Å². The molecule has 2 saturated heterocycles. The van der Waals surface area contributed by atoms with Gasteiger partial charge >= 0.3 is 0 Å². The van der Waals surface area contributed by atoms with Gasteiger partial charge in [0.1, 0.15) is 23.5 Å². The minimum absolute atomic E-state index is 0.122. The number of anilines is 1. The molecule has 6 nitrogen and oxygen atoms in total. The van der Waals surface area contributed by atoms with Crippen molar-refractivity contribution < 1.29 is 13.9 Å². The van der Waals surface area contributed by atoms with Crippen LogP contribution in [0.4, 0.5) is 9.52 Å². The van der Waals surface area contributed by atoms with Crippen LogP contribution < -0.4 is 4.90 Å². The zero-order valence-electron chi connectivity index (χ0n) is 16.1. The summed E-state index contributed by atoms with van der Waals surface area (Å²) in [4.78, 5) is 9.47. The largest absolute Gasteiger partial charge is 0.469 e. The molecule has 2 aliphatic heterocycles. The van der Waals surface area contributed by atoms with Crippen LogP contribution in [0, 0.1) is 5.82 Å². The van der Waals surface area contributed by atoms with Crippen molar-refractivity contribution in [2.75, 3.05) is 44.4 Å². The maximum absolute atomic E-state index is 13.1. The van der Waals surface area contributed by atoms with E-state index >= 15 is 0 Å². The van der Waals surface area contributed by atoms with Crippen molar-refractivity contribution in [3.8, 4) is 0 Å². The quantitative estimate of drug-likeness (QED) is 0.750. The zero-order valence-corrected chi connectivity index (χ0v) is 16.9. The van der Waals surface area contributed by atoms with Gasteiger partial charge in [0.25, 0.3) is 0 Å². The second kappa shape index (κ2) is 8.22. The second-order valence-electron chi connectivity index (χ2n) is 7.54. The Hall–Kier alpha value is -2.29. The van der Waals surface area contributed by atoms with Crippen LogP contribution in [0.2, 0.25) is 0 Å². The average molecular weight is 415 g/mol. The molecular formula is C21H23FN4O2S. The van der Waals surface area contributed by atoms with E-state index in [1.165, 1.54) is 29.2 Å². The van der Waals surface area contributed by atoms with Gasteiger partial charge in [0, 0.05) is 50.7 Å². The third-order valence-corrected chi connectivity index (χ3v) is 6.33. The van der Waals surface area contributed by atoms with Gasteiger partial charge in [-0.15, -0.1) is 0 Å². The van der Waals surface area contributed by atoms with E-state index in [4.69, 9.17) is 14.5 Å². The molecule has 3 heterocycles. The molecule has 5 rings (SSSR count). The van der Waals surface area contributed by atoms with E-state index in [-0.39, 0.29) is 11.9 Å². The summed E-state index contributed by atoms with van der Waals surface area (Å²) >= 11 is 1.45. The molecule has 29 heavy (non-hydrogen) atoms. The fraction of sp³-hybridized carbons (Fsp3) is 0.429. The number of rotatable bonds is 5. The summed E-state index contributed by atoms with van der Waals surface area (Å²) in [6, 6.07) is 6.53. The summed E-state index contributed by atoms with van der Waals surface area (Å²) < 4.78 is 28.6. The second-order valence-corrected chi connectivity index (χ2v) is 8.27. The zero-order chi connectivity index (χ0) is 19.6. The number of hydrogen-bond acceptors (Lipinski definition) is 7. The van der Waals surface area contributed by atoms with Gasteiger partial charge in [-0.1, -0.05) is 18.2 Å².